The highest BCUT2D eigenvalue weighted by Crippen LogP contribution is 2.13. The van der Waals surface area contributed by atoms with Crippen molar-refractivity contribution in [3.63, 3.8) is 0 Å². The van der Waals surface area contributed by atoms with Crippen LogP contribution in [0.25, 0.3) is 5.57 Å². The van der Waals surface area contributed by atoms with Crippen LogP contribution in [0.1, 0.15) is 24.0 Å². The van der Waals surface area contributed by atoms with Gasteiger partial charge in [0.05, 0.1) is 5.69 Å². The fourth-order valence-electron chi connectivity index (χ4n) is 1.44. The predicted molar refractivity (Wildman–Crippen MR) is 65.8 cm³/mol. The van der Waals surface area contributed by atoms with E-state index in [4.69, 9.17) is 9.90 Å². The van der Waals surface area contributed by atoms with E-state index in [0.717, 1.165) is 36.6 Å². The van der Waals surface area contributed by atoms with Crippen molar-refractivity contribution >= 4 is 11.5 Å². The van der Waals surface area contributed by atoms with Gasteiger partial charge in [0.1, 0.15) is 0 Å². The molecular weight excluding hydrogens is 275 g/mol. The van der Waals surface area contributed by atoms with E-state index in [0.29, 0.717) is 0 Å². The topological polar surface area (TPSA) is 75.1 Å². The van der Waals surface area contributed by atoms with Crippen LogP contribution in [0.5, 0.6) is 0 Å². The zero-order chi connectivity index (χ0) is 15.3. The van der Waals surface area contributed by atoms with Crippen LogP contribution in [0.3, 0.4) is 0 Å². The molecule has 20 heavy (non-hydrogen) atoms. The molecular formula is C12H14F3N3O2. The molecule has 0 saturated heterocycles. The largest absolute Gasteiger partial charge is 0.490 e. The summed E-state index contributed by atoms with van der Waals surface area (Å²) in [5.41, 5.74) is 3.32. The number of rotatable bonds is 1. The molecule has 0 saturated carbocycles. The van der Waals surface area contributed by atoms with Crippen LogP contribution < -0.4 is 5.32 Å². The van der Waals surface area contributed by atoms with Crippen LogP contribution in [0.2, 0.25) is 0 Å². The Morgan fingerprint density at radius 2 is 2.10 bits per heavy atom. The number of carboxylic acids is 1. The highest BCUT2D eigenvalue weighted by molar-refractivity contribution is 5.73. The van der Waals surface area contributed by atoms with Gasteiger partial charge in [0.25, 0.3) is 0 Å². The van der Waals surface area contributed by atoms with Gasteiger partial charge in [-0.05, 0) is 31.0 Å². The van der Waals surface area contributed by atoms with Crippen LogP contribution in [0.4, 0.5) is 13.2 Å². The van der Waals surface area contributed by atoms with Crippen molar-refractivity contribution in [2.75, 3.05) is 6.54 Å². The first-order valence-corrected chi connectivity index (χ1v) is 5.73. The maximum absolute atomic E-state index is 10.6. The SMILES string of the molecule is C=C(C)c1ncc2c(n1)CNCC2.O=C(O)C(F)(F)F. The van der Waals surface area contributed by atoms with Gasteiger partial charge in [-0.1, -0.05) is 6.58 Å². The molecule has 2 heterocycles. The number of allylic oxidation sites excluding steroid dienone is 1. The molecule has 0 bridgehead atoms. The quantitative estimate of drug-likeness (QED) is 0.824. The van der Waals surface area contributed by atoms with E-state index in [9.17, 15) is 13.2 Å². The van der Waals surface area contributed by atoms with Crippen molar-refractivity contribution in [1.82, 2.24) is 15.3 Å². The second-order valence-corrected chi connectivity index (χ2v) is 4.18. The number of aliphatic carboxylic acids is 1. The second-order valence-electron chi connectivity index (χ2n) is 4.18. The Balaban J connectivity index is 0.000000246. The number of fused-ring (bicyclic) bond motifs is 1. The molecule has 0 atom stereocenters. The minimum absolute atomic E-state index is 0.766. The monoisotopic (exact) mass is 289 g/mol. The van der Waals surface area contributed by atoms with E-state index in [-0.39, 0.29) is 0 Å². The molecule has 2 N–H and O–H groups in total. The second kappa shape index (κ2) is 6.47. The number of carbonyl (C=O) groups is 1. The Bertz CT molecular complexity index is 515. The number of aromatic nitrogens is 2. The van der Waals surface area contributed by atoms with Gasteiger partial charge in [-0.15, -0.1) is 0 Å². The number of carboxylic acid groups (broad SMARTS) is 1. The van der Waals surface area contributed by atoms with Gasteiger partial charge < -0.3 is 10.4 Å². The Kier molecular flexibility index (Phi) is 5.20. The van der Waals surface area contributed by atoms with Gasteiger partial charge in [-0.25, -0.2) is 14.8 Å². The third kappa shape index (κ3) is 4.61. The fourth-order valence-corrected chi connectivity index (χ4v) is 1.44. The molecule has 1 aromatic heterocycles. The van der Waals surface area contributed by atoms with Gasteiger partial charge in [0.2, 0.25) is 0 Å². The predicted octanol–water partition coefficient (Wildman–Crippen LogP) is 1.79. The first-order chi connectivity index (χ1) is 9.21. The van der Waals surface area contributed by atoms with Crippen LogP contribution in [0.15, 0.2) is 12.8 Å². The standard InChI is InChI=1S/C10H13N3.C2HF3O2/c1-7(2)10-12-5-8-3-4-11-6-9(8)13-10;3-2(4,5)1(6)7/h5,11H,1,3-4,6H2,2H3;(H,6,7). The highest BCUT2D eigenvalue weighted by Gasteiger charge is 2.38. The van der Waals surface area contributed by atoms with Gasteiger partial charge in [-0.3, -0.25) is 0 Å². The minimum atomic E-state index is -5.08. The summed E-state index contributed by atoms with van der Waals surface area (Å²) < 4.78 is 31.7. The lowest BCUT2D eigenvalue weighted by atomic mass is 10.1. The molecule has 0 spiro atoms. The van der Waals surface area contributed by atoms with E-state index in [2.05, 4.69) is 21.9 Å². The summed E-state index contributed by atoms with van der Waals surface area (Å²) in [6, 6.07) is 0. The van der Waals surface area contributed by atoms with Gasteiger partial charge in [0.15, 0.2) is 5.82 Å². The number of nitrogens with zero attached hydrogens (tertiary/aromatic N) is 2. The van der Waals surface area contributed by atoms with Crippen molar-refractivity contribution in [3.05, 3.63) is 29.9 Å². The molecule has 1 aliphatic rings. The summed E-state index contributed by atoms with van der Waals surface area (Å²) in [5.74, 6) is -1.99. The van der Waals surface area contributed by atoms with Gasteiger partial charge in [0, 0.05) is 12.7 Å². The van der Waals surface area contributed by atoms with E-state index in [1.165, 1.54) is 5.56 Å². The summed E-state index contributed by atoms with van der Waals surface area (Å²) in [6.45, 7) is 7.65. The lowest BCUT2D eigenvalue weighted by molar-refractivity contribution is -0.192. The molecule has 110 valence electrons. The van der Waals surface area contributed by atoms with E-state index >= 15 is 0 Å². The van der Waals surface area contributed by atoms with Crippen LogP contribution in [-0.4, -0.2) is 33.8 Å². The summed E-state index contributed by atoms with van der Waals surface area (Å²) in [5, 5.41) is 10.4. The molecule has 5 nitrogen and oxygen atoms in total. The average molecular weight is 289 g/mol. The summed E-state index contributed by atoms with van der Waals surface area (Å²) >= 11 is 0. The lowest BCUT2D eigenvalue weighted by Crippen LogP contribution is -2.25. The molecule has 0 amide bonds. The summed E-state index contributed by atoms with van der Waals surface area (Å²) in [6.07, 6.45) is -2.13. The smallest absolute Gasteiger partial charge is 0.475 e. The molecule has 0 aromatic carbocycles. The van der Waals surface area contributed by atoms with Crippen LogP contribution in [0, 0.1) is 0 Å². The van der Waals surface area contributed by atoms with Gasteiger partial charge in [-0.2, -0.15) is 13.2 Å². The fraction of sp³-hybridized carbons (Fsp3) is 0.417. The maximum atomic E-state index is 10.6. The van der Waals surface area contributed by atoms with Crippen LogP contribution >= 0.6 is 0 Å². The molecule has 0 fully saturated rings. The average Bonchev–Trinajstić information content (AvgIpc) is 2.37. The molecule has 2 rings (SSSR count). The molecule has 0 unspecified atom stereocenters. The molecule has 0 radical (unpaired) electrons. The Hall–Kier alpha value is -1.96. The first kappa shape index (κ1) is 16.1. The van der Waals surface area contributed by atoms with E-state index in [1.807, 2.05) is 13.1 Å². The summed E-state index contributed by atoms with van der Waals surface area (Å²) in [4.78, 5) is 17.6. The minimum Gasteiger partial charge on any atom is -0.475 e. The van der Waals surface area contributed by atoms with Crippen molar-refractivity contribution in [2.45, 2.75) is 26.1 Å². The summed E-state index contributed by atoms with van der Waals surface area (Å²) in [7, 11) is 0. The zero-order valence-corrected chi connectivity index (χ0v) is 10.8. The number of hydrogen-bond donors (Lipinski definition) is 2. The molecule has 8 heteroatoms. The number of nitrogens with one attached hydrogen (secondary N) is 1. The van der Waals surface area contributed by atoms with Crippen molar-refractivity contribution in [1.29, 1.82) is 0 Å². The highest BCUT2D eigenvalue weighted by atomic mass is 19.4. The number of alkyl halides is 3. The van der Waals surface area contributed by atoms with Gasteiger partial charge >= 0.3 is 12.1 Å². The number of hydrogen-bond acceptors (Lipinski definition) is 4. The van der Waals surface area contributed by atoms with E-state index in [1.54, 1.807) is 0 Å². The lowest BCUT2D eigenvalue weighted by Gasteiger charge is -2.15. The van der Waals surface area contributed by atoms with Crippen LogP contribution in [-0.2, 0) is 17.8 Å². The normalized spacial score (nSPS) is 13.8. The first-order valence-electron chi connectivity index (χ1n) is 5.73. The van der Waals surface area contributed by atoms with Crippen molar-refractivity contribution in [3.8, 4) is 0 Å². The molecule has 0 aliphatic carbocycles. The third-order valence-electron chi connectivity index (χ3n) is 2.44. The van der Waals surface area contributed by atoms with E-state index < -0.39 is 12.1 Å². The Morgan fingerprint density at radius 1 is 1.50 bits per heavy atom. The maximum Gasteiger partial charge on any atom is 0.490 e. The zero-order valence-electron chi connectivity index (χ0n) is 10.8. The number of halogens is 3. The Labute approximate surface area is 113 Å². The third-order valence-corrected chi connectivity index (χ3v) is 2.44. The molecule has 1 aromatic rings. The molecule has 1 aliphatic heterocycles. The van der Waals surface area contributed by atoms with Crippen molar-refractivity contribution in [2.24, 2.45) is 0 Å². The van der Waals surface area contributed by atoms with Crippen molar-refractivity contribution < 1.29 is 23.1 Å². The Morgan fingerprint density at radius 3 is 2.60 bits per heavy atom.